The number of esters is 1. The molecule has 4 nitrogen and oxygen atoms in total. The first-order chi connectivity index (χ1) is 9.22. The molecule has 0 aliphatic heterocycles. The van der Waals surface area contributed by atoms with Gasteiger partial charge in [-0.2, -0.15) is 0 Å². The lowest BCUT2D eigenvalue weighted by Gasteiger charge is -2.15. The number of benzene rings is 1. The van der Waals surface area contributed by atoms with Gasteiger partial charge >= 0.3 is 5.97 Å². The molecule has 2 rings (SSSR count). The average molecular weight is 259 g/mol. The second-order valence-electron chi connectivity index (χ2n) is 4.15. The smallest absolute Gasteiger partial charge is 0.340 e. The number of nitrogens with one attached hydrogen (secondary N) is 1. The molecular formula is C15H17NO3. The zero-order valence-electron chi connectivity index (χ0n) is 11.1. The number of carbonyl (C=O) groups excluding carboxylic acids is 1. The standard InChI is InChI=1S/C15H17NO3/c1-3-18-15(17)12-7-4-5-8-13(12)16-11(2)14-9-6-10-19-14/h4-11,16H,3H2,1-2H3. The minimum atomic E-state index is -0.322. The Morgan fingerprint density at radius 1 is 1.32 bits per heavy atom. The number of carbonyl (C=O) groups is 1. The fraction of sp³-hybridized carbons (Fsp3) is 0.267. The Kier molecular flexibility index (Phi) is 4.23. The molecule has 1 heterocycles. The zero-order chi connectivity index (χ0) is 13.7. The topological polar surface area (TPSA) is 51.5 Å². The molecule has 1 N–H and O–H groups in total. The molecule has 0 spiro atoms. The van der Waals surface area contributed by atoms with Crippen molar-refractivity contribution in [2.75, 3.05) is 11.9 Å². The van der Waals surface area contributed by atoms with E-state index in [0.717, 1.165) is 11.4 Å². The Balaban J connectivity index is 2.18. The van der Waals surface area contributed by atoms with E-state index in [0.29, 0.717) is 12.2 Å². The van der Waals surface area contributed by atoms with E-state index >= 15 is 0 Å². The fourth-order valence-corrected chi connectivity index (χ4v) is 1.84. The third-order valence-electron chi connectivity index (χ3n) is 2.76. The highest BCUT2D eigenvalue weighted by atomic mass is 16.5. The Bertz CT molecular complexity index is 534. The summed E-state index contributed by atoms with van der Waals surface area (Å²) in [5, 5.41) is 3.26. The van der Waals surface area contributed by atoms with Crippen molar-refractivity contribution in [1.82, 2.24) is 0 Å². The van der Waals surface area contributed by atoms with E-state index in [9.17, 15) is 4.79 Å². The summed E-state index contributed by atoms with van der Waals surface area (Å²) in [6, 6.07) is 11.0. The van der Waals surface area contributed by atoms with Crippen LogP contribution in [0.1, 0.15) is 36.0 Å². The van der Waals surface area contributed by atoms with Gasteiger partial charge in [-0.15, -0.1) is 0 Å². The number of furan rings is 1. The number of para-hydroxylation sites is 1. The number of anilines is 1. The van der Waals surface area contributed by atoms with Gasteiger partial charge in [-0.1, -0.05) is 12.1 Å². The maximum atomic E-state index is 11.8. The normalized spacial score (nSPS) is 11.9. The van der Waals surface area contributed by atoms with Crippen LogP contribution in [0.25, 0.3) is 0 Å². The van der Waals surface area contributed by atoms with Crippen molar-refractivity contribution in [3.63, 3.8) is 0 Å². The molecule has 0 radical (unpaired) electrons. The molecule has 4 heteroatoms. The van der Waals surface area contributed by atoms with Gasteiger partial charge in [-0.25, -0.2) is 4.79 Å². The maximum absolute atomic E-state index is 11.8. The van der Waals surface area contributed by atoms with Gasteiger partial charge in [0.05, 0.1) is 24.5 Å². The Morgan fingerprint density at radius 2 is 2.11 bits per heavy atom. The zero-order valence-corrected chi connectivity index (χ0v) is 11.1. The molecule has 0 bridgehead atoms. The second kappa shape index (κ2) is 6.09. The van der Waals surface area contributed by atoms with Crippen molar-refractivity contribution in [2.45, 2.75) is 19.9 Å². The summed E-state index contributed by atoms with van der Waals surface area (Å²) in [6.07, 6.45) is 1.63. The van der Waals surface area contributed by atoms with Crippen LogP contribution in [0.5, 0.6) is 0 Å². The molecule has 1 aromatic carbocycles. The van der Waals surface area contributed by atoms with Gasteiger partial charge in [0.1, 0.15) is 5.76 Å². The SMILES string of the molecule is CCOC(=O)c1ccccc1NC(C)c1ccco1. The van der Waals surface area contributed by atoms with Crippen molar-refractivity contribution in [3.05, 3.63) is 54.0 Å². The number of rotatable bonds is 5. The molecule has 1 atom stereocenters. The average Bonchev–Trinajstić information content (AvgIpc) is 2.93. The van der Waals surface area contributed by atoms with Crippen molar-refractivity contribution < 1.29 is 13.9 Å². The lowest BCUT2D eigenvalue weighted by Crippen LogP contribution is -2.12. The molecule has 1 unspecified atom stereocenters. The Hall–Kier alpha value is -2.23. The summed E-state index contributed by atoms with van der Waals surface area (Å²) >= 11 is 0. The van der Waals surface area contributed by atoms with Crippen LogP contribution in [0.3, 0.4) is 0 Å². The molecule has 0 saturated heterocycles. The van der Waals surface area contributed by atoms with Gasteiger partial charge < -0.3 is 14.5 Å². The minimum absolute atomic E-state index is 0.0226. The van der Waals surface area contributed by atoms with Gasteiger partial charge in [-0.05, 0) is 38.1 Å². The summed E-state index contributed by atoms with van der Waals surface area (Å²) in [5.74, 6) is 0.496. The van der Waals surface area contributed by atoms with Crippen LogP contribution in [-0.4, -0.2) is 12.6 Å². The number of ether oxygens (including phenoxy) is 1. The minimum Gasteiger partial charge on any atom is -0.467 e. The van der Waals surface area contributed by atoms with Gasteiger partial charge in [0.15, 0.2) is 0 Å². The van der Waals surface area contributed by atoms with E-state index in [1.165, 1.54) is 0 Å². The number of hydrogen-bond acceptors (Lipinski definition) is 4. The van der Waals surface area contributed by atoms with Crippen LogP contribution in [0.15, 0.2) is 47.1 Å². The van der Waals surface area contributed by atoms with Crippen LogP contribution < -0.4 is 5.32 Å². The molecule has 0 amide bonds. The van der Waals surface area contributed by atoms with Crippen LogP contribution in [0.4, 0.5) is 5.69 Å². The highest BCUT2D eigenvalue weighted by molar-refractivity contribution is 5.95. The van der Waals surface area contributed by atoms with E-state index in [-0.39, 0.29) is 12.0 Å². The highest BCUT2D eigenvalue weighted by Gasteiger charge is 2.15. The van der Waals surface area contributed by atoms with E-state index < -0.39 is 0 Å². The van der Waals surface area contributed by atoms with E-state index in [1.807, 2.05) is 37.3 Å². The maximum Gasteiger partial charge on any atom is 0.340 e. The monoisotopic (exact) mass is 259 g/mol. The largest absolute Gasteiger partial charge is 0.467 e. The van der Waals surface area contributed by atoms with Crippen molar-refractivity contribution in [3.8, 4) is 0 Å². The highest BCUT2D eigenvalue weighted by Crippen LogP contribution is 2.23. The molecule has 0 saturated carbocycles. The molecule has 0 fully saturated rings. The summed E-state index contributed by atoms with van der Waals surface area (Å²) in [5.41, 5.74) is 1.27. The molecule has 2 aromatic rings. The molecule has 100 valence electrons. The summed E-state index contributed by atoms with van der Waals surface area (Å²) in [4.78, 5) is 11.8. The van der Waals surface area contributed by atoms with Gasteiger partial charge in [0.2, 0.25) is 0 Å². The lowest BCUT2D eigenvalue weighted by atomic mass is 10.1. The van der Waals surface area contributed by atoms with Crippen molar-refractivity contribution >= 4 is 11.7 Å². The van der Waals surface area contributed by atoms with Crippen molar-refractivity contribution in [1.29, 1.82) is 0 Å². The van der Waals surface area contributed by atoms with Crippen LogP contribution in [0.2, 0.25) is 0 Å². The van der Waals surface area contributed by atoms with Crippen molar-refractivity contribution in [2.24, 2.45) is 0 Å². The van der Waals surface area contributed by atoms with Crippen LogP contribution in [-0.2, 0) is 4.74 Å². The quantitative estimate of drug-likeness (QED) is 0.833. The summed E-state index contributed by atoms with van der Waals surface area (Å²) in [7, 11) is 0. The molecule has 0 aliphatic rings. The Morgan fingerprint density at radius 3 is 2.79 bits per heavy atom. The van der Waals surface area contributed by atoms with Crippen LogP contribution >= 0.6 is 0 Å². The predicted molar refractivity (Wildman–Crippen MR) is 73.1 cm³/mol. The van der Waals surface area contributed by atoms with Gasteiger partial charge in [0, 0.05) is 5.69 Å². The summed E-state index contributed by atoms with van der Waals surface area (Å²) < 4.78 is 10.4. The molecule has 1 aromatic heterocycles. The number of hydrogen-bond donors (Lipinski definition) is 1. The summed E-state index contributed by atoms with van der Waals surface area (Å²) in [6.45, 7) is 4.13. The van der Waals surface area contributed by atoms with E-state index in [4.69, 9.17) is 9.15 Å². The Labute approximate surface area is 112 Å². The molecular weight excluding hydrogens is 242 g/mol. The predicted octanol–water partition coefficient (Wildman–Crippen LogP) is 3.63. The lowest BCUT2D eigenvalue weighted by molar-refractivity contribution is 0.0527. The van der Waals surface area contributed by atoms with E-state index in [1.54, 1.807) is 19.3 Å². The molecule has 19 heavy (non-hydrogen) atoms. The first-order valence-electron chi connectivity index (χ1n) is 6.28. The second-order valence-corrected chi connectivity index (χ2v) is 4.15. The first-order valence-corrected chi connectivity index (χ1v) is 6.28. The third kappa shape index (κ3) is 3.16. The third-order valence-corrected chi connectivity index (χ3v) is 2.76. The fourth-order valence-electron chi connectivity index (χ4n) is 1.84. The van der Waals surface area contributed by atoms with Gasteiger partial charge in [-0.3, -0.25) is 0 Å². The van der Waals surface area contributed by atoms with Gasteiger partial charge in [0.25, 0.3) is 0 Å². The van der Waals surface area contributed by atoms with Crippen LogP contribution in [0, 0.1) is 0 Å². The first kappa shape index (κ1) is 13.2. The van der Waals surface area contributed by atoms with E-state index in [2.05, 4.69) is 5.32 Å². The molecule has 0 aliphatic carbocycles.